The second kappa shape index (κ2) is 10.3. The summed E-state index contributed by atoms with van der Waals surface area (Å²) in [7, 11) is -0.672. The molecular formula is C25H28NOP. The second-order valence-electron chi connectivity index (χ2n) is 7.31. The van der Waals surface area contributed by atoms with Gasteiger partial charge >= 0.3 is 0 Å². The number of aliphatic imine (C=N–C) groups is 1. The predicted octanol–water partition coefficient (Wildman–Crippen LogP) is 4.27. The molecule has 0 aliphatic carbocycles. The molecule has 2 nitrogen and oxygen atoms in total. The van der Waals surface area contributed by atoms with Crippen molar-refractivity contribution in [2.75, 3.05) is 6.61 Å². The van der Waals surface area contributed by atoms with E-state index < -0.39 is 7.92 Å². The van der Waals surface area contributed by atoms with Crippen molar-refractivity contribution < 1.29 is 5.11 Å². The van der Waals surface area contributed by atoms with E-state index in [1.807, 2.05) is 6.21 Å². The fourth-order valence-corrected chi connectivity index (χ4v) is 5.71. The number of benzene rings is 3. The van der Waals surface area contributed by atoms with E-state index >= 15 is 0 Å². The van der Waals surface area contributed by atoms with Crippen LogP contribution in [0.1, 0.15) is 25.8 Å². The molecule has 1 atom stereocenters. The molecule has 3 aromatic carbocycles. The lowest BCUT2D eigenvalue weighted by Crippen LogP contribution is -2.23. The Labute approximate surface area is 169 Å². The first-order valence-corrected chi connectivity index (χ1v) is 11.2. The quantitative estimate of drug-likeness (QED) is 0.453. The predicted molar refractivity (Wildman–Crippen MR) is 123 cm³/mol. The van der Waals surface area contributed by atoms with Gasteiger partial charge in [-0.1, -0.05) is 98.8 Å². The topological polar surface area (TPSA) is 32.6 Å². The highest BCUT2D eigenvalue weighted by atomic mass is 31.1. The maximum Gasteiger partial charge on any atom is 0.0733 e. The molecule has 0 aromatic heterocycles. The largest absolute Gasteiger partial charge is 0.394 e. The van der Waals surface area contributed by atoms with Crippen LogP contribution >= 0.6 is 7.92 Å². The number of hydrogen-bond donors (Lipinski definition) is 1. The Kier molecular flexibility index (Phi) is 7.54. The lowest BCUT2D eigenvalue weighted by Gasteiger charge is -2.21. The monoisotopic (exact) mass is 389 g/mol. The minimum Gasteiger partial charge on any atom is -0.394 e. The maximum atomic E-state index is 9.68. The molecule has 3 heteroatoms. The van der Waals surface area contributed by atoms with Crippen LogP contribution < -0.4 is 15.9 Å². The first-order valence-electron chi connectivity index (χ1n) is 9.82. The third kappa shape index (κ3) is 5.38. The molecule has 0 heterocycles. The van der Waals surface area contributed by atoms with Gasteiger partial charge in [-0.3, -0.25) is 4.99 Å². The SMILES string of the molecule is CC(C)C[C@@H](CO)N=Cc1ccccc1P(c1ccccc1)c1ccccc1. The Hall–Kier alpha value is -2.28. The first kappa shape index (κ1) is 20.5. The van der Waals surface area contributed by atoms with Crippen molar-refractivity contribution in [1.82, 2.24) is 0 Å². The zero-order valence-corrected chi connectivity index (χ0v) is 17.5. The summed E-state index contributed by atoms with van der Waals surface area (Å²) in [5, 5.41) is 13.6. The van der Waals surface area contributed by atoms with Gasteiger partial charge in [0.05, 0.1) is 12.6 Å². The number of aliphatic hydroxyl groups is 1. The van der Waals surface area contributed by atoms with Crippen LogP contribution in [0.15, 0.2) is 89.9 Å². The Morgan fingerprint density at radius 3 is 1.89 bits per heavy atom. The molecule has 0 fully saturated rings. The van der Waals surface area contributed by atoms with E-state index in [0.29, 0.717) is 5.92 Å². The minimum atomic E-state index is -0.672. The molecule has 3 rings (SSSR count). The summed E-state index contributed by atoms with van der Waals surface area (Å²) in [5.41, 5.74) is 1.13. The van der Waals surface area contributed by atoms with E-state index in [4.69, 9.17) is 4.99 Å². The molecule has 0 radical (unpaired) electrons. The molecule has 28 heavy (non-hydrogen) atoms. The number of rotatable bonds is 8. The smallest absolute Gasteiger partial charge is 0.0733 e. The molecule has 0 bridgehead atoms. The summed E-state index contributed by atoms with van der Waals surface area (Å²) in [4.78, 5) is 4.72. The lowest BCUT2D eigenvalue weighted by atomic mass is 10.1. The molecule has 3 aromatic rings. The normalized spacial score (nSPS) is 12.8. The van der Waals surface area contributed by atoms with Crippen molar-refractivity contribution >= 4 is 30.0 Å². The van der Waals surface area contributed by atoms with Crippen molar-refractivity contribution in [1.29, 1.82) is 0 Å². The molecular weight excluding hydrogens is 361 g/mol. The summed E-state index contributed by atoms with van der Waals surface area (Å²) in [6.07, 6.45) is 2.85. The molecule has 144 valence electrons. The van der Waals surface area contributed by atoms with Crippen LogP contribution in [0.25, 0.3) is 0 Å². The minimum absolute atomic E-state index is 0.0484. The van der Waals surface area contributed by atoms with E-state index in [1.165, 1.54) is 15.9 Å². The summed E-state index contributed by atoms with van der Waals surface area (Å²) in [6.45, 7) is 4.41. The number of nitrogens with zero attached hydrogens (tertiary/aromatic N) is 1. The molecule has 0 amide bonds. The van der Waals surface area contributed by atoms with Crippen LogP contribution in [0, 0.1) is 5.92 Å². The Morgan fingerprint density at radius 1 is 0.821 bits per heavy atom. The average Bonchev–Trinajstić information content (AvgIpc) is 2.73. The van der Waals surface area contributed by atoms with E-state index in [1.54, 1.807) is 0 Å². The fraction of sp³-hybridized carbons (Fsp3) is 0.240. The molecule has 0 unspecified atom stereocenters. The van der Waals surface area contributed by atoms with Crippen molar-refractivity contribution in [2.45, 2.75) is 26.3 Å². The first-order chi connectivity index (χ1) is 13.7. The van der Waals surface area contributed by atoms with Gasteiger partial charge in [-0.25, -0.2) is 0 Å². The van der Waals surface area contributed by atoms with E-state index in [9.17, 15) is 5.11 Å². The van der Waals surface area contributed by atoms with Gasteiger partial charge in [-0.05, 0) is 36.2 Å². The highest BCUT2D eigenvalue weighted by Crippen LogP contribution is 2.33. The molecule has 1 N–H and O–H groups in total. The van der Waals surface area contributed by atoms with Crippen LogP contribution in [-0.2, 0) is 0 Å². The average molecular weight is 389 g/mol. The van der Waals surface area contributed by atoms with Gasteiger partial charge < -0.3 is 5.11 Å². The molecule has 0 aliphatic heterocycles. The van der Waals surface area contributed by atoms with E-state index in [-0.39, 0.29) is 12.6 Å². The van der Waals surface area contributed by atoms with E-state index in [2.05, 4.69) is 98.8 Å². The summed E-state index contributed by atoms with van der Waals surface area (Å²) < 4.78 is 0. The van der Waals surface area contributed by atoms with Crippen LogP contribution in [0.2, 0.25) is 0 Å². The Balaban J connectivity index is 2.02. The van der Waals surface area contributed by atoms with Gasteiger partial charge in [-0.15, -0.1) is 0 Å². The van der Waals surface area contributed by atoms with E-state index in [0.717, 1.165) is 12.0 Å². The van der Waals surface area contributed by atoms with Gasteiger partial charge in [0, 0.05) is 11.8 Å². The maximum absolute atomic E-state index is 9.68. The number of aliphatic hydroxyl groups excluding tert-OH is 1. The lowest BCUT2D eigenvalue weighted by molar-refractivity contribution is 0.251. The number of hydrogen-bond acceptors (Lipinski definition) is 2. The molecule has 0 saturated carbocycles. The van der Waals surface area contributed by atoms with Crippen molar-refractivity contribution in [3.63, 3.8) is 0 Å². The molecule has 0 aliphatic rings. The zero-order chi connectivity index (χ0) is 19.8. The van der Waals surface area contributed by atoms with Gasteiger partial charge in [-0.2, -0.15) is 0 Å². The summed E-state index contributed by atoms with van der Waals surface area (Å²) in [5.74, 6) is 0.510. The van der Waals surface area contributed by atoms with Gasteiger partial charge in [0.15, 0.2) is 0 Å². The summed E-state index contributed by atoms with van der Waals surface area (Å²) >= 11 is 0. The fourth-order valence-electron chi connectivity index (χ4n) is 3.29. The highest BCUT2D eigenvalue weighted by molar-refractivity contribution is 7.80. The Morgan fingerprint density at radius 2 is 1.36 bits per heavy atom. The van der Waals surface area contributed by atoms with Crippen molar-refractivity contribution in [3.8, 4) is 0 Å². The summed E-state index contributed by atoms with van der Waals surface area (Å²) in [6, 6.07) is 29.8. The third-order valence-corrected chi connectivity index (χ3v) is 7.10. The van der Waals surface area contributed by atoms with Gasteiger partial charge in [0.2, 0.25) is 0 Å². The highest BCUT2D eigenvalue weighted by Gasteiger charge is 2.18. The standard InChI is InChI=1S/C25H28NOP/c1-20(2)17-22(19-27)26-18-21-11-9-10-16-25(21)28(23-12-5-3-6-13-23)24-14-7-4-8-15-24/h3-16,18,20,22,27H,17,19H2,1-2H3/t22-/m0/s1. The molecule has 0 saturated heterocycles. The van der Waals surface area contributed by atoms with Gasteiger partial charge in [0.1, 0.15) is 0 Å². The van der Waals surface area contributed by atoms with Crippen LogP contribution in [0.4, 0.5) is 0 Å². The third-order valence-electron chi connectivity index (χ3n) is 4.59. The van der Waals surface area contributed by atoms with Gasteiger partial charge in [0.25, 0.3) is 0 Å². The van der Waals surface area contributed by atoms with Crippen LogP contribution in [0.5, 0.6) is 0 Å². The van der Waals surface area contributed by atoms with Crippen LogP contribution in [0.3, 0.4) is 0 Å². The second-order valence-corrected chi connectivity index (χ2v) is 9.49. The molecule has 0 spiro atoms. The Bertz CT molecular complexity index is 838. The van der Waals surface area contributed by atoms with Crippen molar-refractivity contribution in [3.05, 3.63) is 90.5 Å². The van der Waals surface area contributed by atoms with Crippen LogP contribution in [-0.4, -0.2) is 24.0 Å². The zero-order valence-electron chi connectivity index (χ0n) is 16.6. The van der Waals surface area contributed by atoms with Crippen molar-refractivity contribution in [2.24, 2.45) is 10.9 Å².